The average molecular weight is 353 g/mol. The number of rotatable bonds is 3. The maximum atomic E-state index is 12.6. The molecular formula is C20H23N3O3. The monoisotopic (exact) mass is 353 g/mol. The standard InChI is InChI=1S/C20H23N3O3/c24-20(23-9-3-1-2-4-10-23)17-7-5-16(14-21-17)22-15-6-8-18-19(13-15)26-12-11-25-18/h5-8,13-14,22H,1-4,9-12H2. The number of aromatic nitrogens is 1. The largest absolute Gasteiger partial charge is 0.486 e. The first-order valence-electron chi connectivity index (χ1n) is 9.21. The third-order valence-electron chi connectivity index (χ3n) is 4.71. The summed E-state index contributed by atoms with van der Waals surface area (Å²) in [6, 6.07) is 9.40. The van der Waals surface area contributed by atoms with Gasteiger partial charge in [0.25, 0.3) is 5.91 Å². The fraction of sp³-hybridized carbons (Fsp3) is 0.400. The van der Waals surface area contributed by atoms with Crippen LogP contribution in [0.2, 0.25) is 0 Å². The molecule has 0 atom stereocenters. The van der Waals surface area contributed by atoms with Crippen molar-refractivity contribution in [2.24, 2.45) is 0 Å². The number of anilines is 2. The Labute approximate surface area is 153 Å². The molecule has 26 heavy (non-hydrogen) atoms. The summed E-state index contributed by atoms with van der Waals surface area (Å²) in [5, 5.41) is 3.29. The number of likely N-dealkylation sites (tertiary alicyclic amines) is 1. The highest BCUT2D eigenvalue weighted by atomic mass is 16.6. The molecule has 1 fully saturated rings. The van der Waals surface area contributed by atoms with Crippen molar-refractivity contribution >= 4 is 17.3 Å². The molecular weight excluding hydrogens is 330 g/mol. The zero-order valence-corrected chi connectivity index (χ0v) is 14.7. The molecule has 3 heterocycles. The highest BCUT2D eigenvalue weighted by Gasteiger charge is 2.18. The number of carbonyl (C=O) groups excluding carboxylic acids is 1. The van der Waals surface area contributed by atoms with E-state index in [2.05, 4.69) is 10.3 Å². The first-order chi connectivity index (χ1) is 12.8. The number of ether oxygens (including phenoxy) is 2. The number of benzene rings is 1. The van der Waals surface area contributed by atoms with Gasteiger partial charge < -0.3 is 19.7 Å². The molecule has 1 aromatic heterocycles. The minimum atomic E-state index is 0.0257. The second kappa shape index (κ2) is 7.64. The molecule has 4 rings (SSSR count). The van der Waals surface area contributed by atoms with Gasteiger partial charge in [-0.25, -0.2) is 4.98 Å². The summed E-state index contributed by atoms with van der Waals surface area (Å²) in [6.07, 6.45) is 6.26. The van der Waals surface area contributed by atoms with Gasteiger partial charge in [0.05, 0.1) is 11.9 Å². The van der Waals surface area contributed by atoms with Crippen LogP contribution in [0.1, 0.15) is 36.2 Å². The van der Waals surface area contributed by atoms with Crippen LogP contribution in [0.4, 0.5) is 11.4 Å². The molecule has 0 bridgehead atoms. The fourth-order valence-electron chi connectivity index (χ4n) is 3.32. The van der Waals surface area contributed by atoms with Crippen molar-refractivity contribution in [1.29, 1.82) is 0 Å². The third kappa shape index (κ3) is 3.74. The molecule has 6 heteroatoms. The summed E-state index contributed by atoms with van der Waals surface area (Å²) >= 11 is 0. The number of pyridine rings is 1. The summed E-state index contributed by atoms with van der Waals surface area (Å²) < 4.78 is 11.1. The number of fused-ring (bicyclic) bond motifs is 1. The lowest BCUT2D eigenvalue weighted by molar-refractivity contribution is 0.0756. The van der Waals surface area contributed by atoms with Gasteiger partial charge in [0.1, 0.15) is 18.9 Å². The van der Waals surface area contributed by atoms with Crippen LogP contribution < -0.4 is 14.8 Å². The molecule has 1 N–H and O–H groups in total. The van der Waals surface area contributed by atoms with Gasteiger partial charge in [-0.05, 0) is 37.1 Å². The van der Waals surface area contributed by atoms with E-state index in [1.54, 1.807) is 12.3 Å². The van der Waals surface area contributed by atoms with Crippen LogP contribution in [-0.4, -0.2) is 42.1 Å². The zero-order valence-electron chi connectivity index (χ0n) is 14.7. The zero-order chi connectivity index (χ0) is 17.8. The molecule has 0 radical (unpaired) electrons. The highest BCUT2D eigenvalue weighted by Crippen LogP contribution is 2.33. The predicted molar refractivity (Wildman–Crippen MR) is 99.3 cm³/mol. The predicted octanol–water partition coefficient (Wildman–Crippen LogP) is 3.61. The van der Waals surface area contributed by atoms with Gasteiger partial charge >= 0.3 is 0 Å². The number of hydrogen-bond acceptors (Lipinski definition) is 5. The van der Waals surface area contributed by atoms with Crippen LogP contribution in [0.3, 0.4) is 0 Å². The van der Waals surface area contributed by atoms with Gasteiger partial charge in [-0.1, -0.05) is 12.8 Å². The van der Waals surface area contributed by atoms with Gasteiger partial charge in [-0.2, -0.15) is 0 Å². The molecule has 1 saturated heterocycles. The lowest BCUT2D eigenvalue weighted by Crippen LogP contribution is -2.32. The fourth-order valence-corrected chi connectivity index (χ4v) is 3.32. The first-order valence-corrected chi connectivity index (χ1v) is 9.21. The topological polar surface area (TPSA) is 63.7 Å². The number of hydrogen-bond donors (Lipinski definition) is 1. The lowest BCUT2D eigenvalue weighted by atomic mass is 10.2. The first kappa shape index (κ1) is 16.7. The number of amides is 1. The Morgan fingerprint density at radius 1 is 0.923 bits per heavy atom. The van der Waals surface area contributed by atoms with E-state index in [-0.39, 0.29) is 5.91 Å². The molecule has 2 aliphatic heterocycles. The smallest absolute Gasteiger partial charge is 0.272 e. The highest BCUT2D eigenvalue weighted by molar-refractivity contribution is 5.92. The lowest BCUT2D eigenvalue weighted by Gasteiger charge is -2.20. The van der Waals surface area contributed by atoms with Crippen LogP contribution in [0.25, 0.3) is 0 Å². The van der Waals surface area contributed by atoms with E-state index in [9.17, 15) is 4.79 Å². The SMILES string of the molecule is O=C(c1ccc(Nc2ccc3c(c2)OCCO3)cn1)N1CCCCCC1. The van der Waals surface area contributed by atoms with Crippen molar-refractivity contribution in [1.82, 2.24) is 9.88 Å². The Kier molecular flexibility index (Phi) is 4.91. The van der Waals surface area contributed by atoms with Crippen molar-refractivity contribution in [3.63, 3.8) is 0 Å². The van der Waals surface area contributed by atoms with Crippen LogP contribution in [0.5, 0.6) is 11.5 Å². The molecule has 0 spiro atoms. The third-order valence-corrected chi connectivity index (χ3v) is 4.71. The van der Waals surface area contributed by atoms with E-state index in [1.165, 1.54) is 12.8 Å². The normalized spacial score (nSPS) is 16.7. The molecule has 136 valence electrons. The summed E-state index contributed by atoms with van der Waals surface area (Å²) in [6.45, 7) is 2.80. The summed E-state index contributed by atoms with van der Waals surface area (Å²) in [5.74, 6) is 1.53. The quantitative estimate of drug-likeness (QED) is 0.913. The molecule has 1 amide bonds. The second-order valence-corrected chi connectivity index (χ2v) is 6.62. The Balaban J connectivity index is 1.43. The maximum absolute atomic E-state index is 12.6. The average Bonchev–Trinajstić information content (AvgIpc) is 2.97. The van der Waals surface area contributed by atoms with Gasteiger partial charge in [-0.3, -0.25) is 4.79 Å². The minimum absolute atomic E-state index is 0.0257. The van der Waals surface area contributed by atoms with Crippen LogP contribution in [-0.2, 0) is 0 Å². The van der Waals surface area contributed by atoms with E-state index < -0.39 is 0 Å². The Morgan fingerprint density at radius 3 is 2.38 bits per heavy atom. The summed E-state index contributed by atoms with van der Waals surface area (Å²) in [4.78, 5) is 18.9. The Hall–Kier alpha value is -2.76. The molecule has 2 aromatic rings. The molecule has 0 aliphatic carbocycles. The molecule has 0 unspecified atom stereocenters. The van der Waals surface area contributed by atoms with Gasteiger partial charge in [-0.15, -0.1) is 0 Å². The van der Waals surface area contributed by atoms with E-state index in [4.69, 9.17) is 9.47 Å². The molecule has 6 nitrogen and oxygen atoms in total. The van der Waals surface area contributed by atoms with E-state index >= 15 is 0 Å². The minimum Gasteiger partial charge on any atom is -0.486 e. The number of carbonyl (C=O) groups is 1. The van der Waals surface area contributed by atoms with Crippen LogP contribution in [0, 0.1) is 0 Å². The summed E-state index contributed by atoms with van der Waals surface area (Å²) in [5.41, 5.74) is 2.22. The molecule has 1 aromatic carbocycles. The van der Waals surface area contributed by atoms with E-state index in [0.29, 0.717) is 18.9 Å². The van der Waals surface area contributed by atoms with E-state index in [0.717, 1.165) is 48.8 Å². The van der Waals surface area contributed by atoms with Gasteiger partial charge in [0.2, 0.25) is 0 Å². The Morgan fingerprint density at radius 2 is 1.65 bits per heavy atom. The number of nitrogens with one attached hydrogen (secondary N) is 1. The van der Waals surface area contributed by atoms with Crippen LogP contribution in [0.15, 0.2) is 36.5 Å². The van der Waals surface area contributed by atoms with Crippen molar-refractivity contribution in [2.45, 2.75) is 25.7 Å². The van der Waals surface area contributed by atoms with Gasteiger partial charge in [0.15, 0.2) is 11.5 Å². The Bertz CT molecular complexity index is 768. The van der Waals surface area contributed by atoms with Crippen molar-refractivity contribution in [3.8, 4) is 11.5 Å². The second-order valence-electron chi connectivity index (χ2n) is 6.62. The van der Waals surface area contributed by atoms with Crippen molar-refractivity contribution < 1.29 is 14.3 Å². The number of nitrogens with zero attached hydrogens (tertiary/aromatic N) is 2. The molecule has 2 aliphatic rings. The van der Waals surface area contributed by atoms with E-state index in [1.807, 2.05) is 29.2 Å². The maximum Gasteiger partial charge on any atom is 0.272 e. The van der Waals surface area contributed by atoms with Crippen molar-refractivity contribution in [2.75, 3.05) is 31.6 Å². The summed E-state index contributed by atoms with van der Waals surface area (Å²) in [7, 11) is 0. The molecule has 0 saturated carbocycles. The van der Waals surface area contributed by atoms with Gasteiger partial charge in [0, 0.05) is 24.8 Å². The van der Waals surface area contributed by atoms with Crippen molar-refractivity contribution in [3.05, 3.63) is 42.2 Å². The van der Waals surface area contributed by atoms with Crippen LogP contribution >= 0.6 is 0 Å².